The van der Waals surface area contributed by atoms with E-state index >= 15 is 0 Å². The first kappa shape index (κ1) is 35.3. The summed E-state index contributed by atoms with van der Waals surface area (Å²) < 4.78 is 57.4. The Morgan fingerprint density at radius 2 is 1.90 bits per heavy atom. The maximum Gasteiger partial charge on any atom is 0.329 e. The summed E-state index contributed by atoms with van der Waals surface area (Å²) in [5, 5.41) is 0.725. The van der Waals surface area contributed by atoms with Crippen molar-refractivity contribution in [1.82, 2.24) is 9.62 Å². The first-order valence-corrected chi connectivity index (χ1v) is 21.4. The molecule has 2 bridgehead atoms. The Balaban J connectivity index is 1.26. The molecule has 7 rings (SSSR count). The van der Waals surface area contributed by atoms with Crippen LogP contribution in [0.1, 0.15) is 60.0 Å². The number of methoxy groups -OCH3 is 1. The van der Waals surface area contributed by atoms with E-state index in [1.54, 1.807) is 25.3 Å². The molecule has 1 saturated heterocycles. The van der Waals surface area contributed by atoms with Crippen LogP contribution in [0.4, 0.5) is 10.5 Å². The molecule has 1 spiro atoms. The molecule has 2 aromatic carbocycles. The highest BCUT2D eigenvalue weighted by Gasteiger charge is 2.44. The average Bonchev–Trinajstić information content (AvgIpc) is 3.22. The van der Waals surface area contributed by atoms with Crippen LogP contribution in [-0.2, 0) is 36.3 Å². The van der Waals surface area contributed by atoms with E-state index in [0.29, 0.717) is 43.6 Å². The number of hydrogen-bond donors (Lipinski definition) is 1. The number of benzene rings is 2. The van der Waals surface area contributed by atoms with Gasteiger partial charge in [0.15, 0.2) is 9.84 Å². The lowest BCUT2D eigenvalue weighted by atomic mass is 9.68. The van der Waals surface area contributed by atoms with E-state index in [0.717, 1.165) is 49.4 Å². The Kier molecular flexibility index (Phi) is 9.96. The van der Waals surface area contributed by atoms with Gasteiger partial charge in [0.25, 0.3) is 5.91 Å². The van der Waals surface area contributed by atoms with Gasteiger partial charge in [-0.25, -0.2) is 17.4 Å². The summed E-state index contributed by atoms with van der Waals surface area (Å²) in [5.74, 6) is 0.293. The van der Waals surface area contributed by atoms with Gasteiger partial charge < -0.3 is 19.3 Å². The van der Waals surface area contributed by atoms with Gasteiger partial charge in [0, 0.05) is 49.3 Å². The van der Waals surface area contributed by atoms with Crippen molar-refractivity contribution in [1.29, 1.82) is 0 Å². The van der Waals surface area contributed by atoms with Gasteiger partial charge in [-0.3, -0.25) is 9.52 Å². The second-order valence-electron chi connectivity index (χ2n) is 14.3. The number of fused-ring (bicyclic) bond motifs is 4. The summed E-state index contributed by atoms with van der Waals surface area (Å²) in [6.45, 7) is 1.91. The highest BCUT2D eigenvalue weighted by molar-refractivity contribution is 7.92. The van der Waals surface area contributed by atoms with Crippen molar-refractivity contribution >= 4 is 49.0 Å². The first-order chi connectivity index (χ1) is 24.0. The maximum atomic E-state index is 14.3. The van der Waals surface area contributed by atoms with E-state index < -0.39 is 31.7 Å². The van der Waals surface area contributed by atoms with Crippen molar-refractivity contribution < 1.29 is 31.7 Å². The van der Waals surface area contributed by atoms with Gasteiger partial charge in [0.1, 0.15) is 15.7 Å². The van der Waals surface area contributed by atoms with Gasteiger partial charge in [0.05, 0.1) is 35.7 Å². The quantitative estimate of drug-likeness (QED) is 0.417. The van der Waals surface area contributed by atoms with Gasteiger partial charge in [-0.15, -0.1) is 4.36 Å². The predicted molar refractivity (Wildman–Crippen MR) is 194 cm³/mol. The van der Waals surface area contributed by atoms with Crippen LogP contribution in [0.3, 0.4) is 0 Å². The van der Waals surface area contributed by atoms with Crippen LogP contribution in [-0.4, -0.2) is 92.7 Å². The summed E-state index contributed by atoms with van der Waals surface area (Å²) in [6.07, 6.45) is 10.0. The normalized spacial score (nSPS) is 31.6. The van der Waals surface area contributed by atoms with E-state index in [1.807, 2.05) is 12.1 Å². The summed E-state index contributed by atoms with van der Waals surface area (Å²) in [5.41, 5.74) is 3.26. The van der Waals surface area contributed by atoms with Crippen LogP contribution >= 0.6 is 11.6 Å². The fourth-order valence-electron chi connectivity index (χ4n) is 8.23. The van der Waals surface area contributed by atoms with Crippen LogP contribution in [0.15, 0.2) is 52.9 Å². The number of nitrogens with one attached hydrogen (secondary N) is 1. The number of halogens is 1. The van der Waals surface area contributed by atoms with Gasteiger partial charge in [-0.2, -0.15) is 0 Å². The predicted octanol–water partition coefficient (Wildman–Crippen LogP) is 5.17. The molecule has 1 saturated carbocycles. The van der Waals surface area contributed by atoms with Crippen molar-refractivity contribution in [3.8, 4) is 5.75 Å². The molecule has 5 aliphatic rings. The SMILES string of the molecule is CO[C@H]1/C=C/CCC[S@](=O)(NC(=O)N2CCS(=O)(=O)CC2)=NC(=O)c2ccc3c(c2)N(C[C@@H]2CC[C@H]21)C[C@@]1(CCCc2cc(Cl)ccc21)CO3. The number of rotatable bonds is 2. The summed E-state index contributed by atoms with van der Waals surface area (Å²) in [7, 11) is -5.05. The molecular weight excluding hydrogens is 700 g/mol. The smallest absolute Gasteiger partial charge is 0.329 e. The number of aryl methyl sites for hydroxylation is 1. The molecule has 0 radical (unpaired) electrons. The molecule has 3 amide bonds. The van der Waals surface area contributed by atoms with Crippen LogP contribution in [0, 0.1) is 11.8 Å². The van der Waals surface area contributed by atoms with Crippen molar-refractivity contribution in [2.24, 2.45) is 16.2 Å². The molecule has 11 nitrogen and oxygen atoms in total. The van der Waals surface area contributed by atoms with E-state index in [-0.39, 0.29) is 47.4 Å². The molecule has 50 heavy (non-hydrogen) atoms. The molecule has 3 aliphatic heterocycles. The second kappa shape index (κ2) is 14.1. The Labute approximate surface area is 299 Å². The van der Waals surface area contributed by atoms with Gasteiger partial charge in [-0.05, 0) is 98.2 Å². The van der Waals surface area contributed by atoms with Crippen molar-refractivity contribution in [3.63, 3.8) is 0 Å². The number of sulfone groups is 1. The third-order valence-corrected chi connectivity index (χ3v) is 14.8. The minimum Gasteiger partial charge on any atom is -0.490 e. The van der Waals surface area contributed by atoms with Crippen LogP contribution in [0.2, 0.25) is 5.02 Å². The average molecular weight is 745 g/mol. The molecule has 2 aromatic rings. The third-order valence-electron chi connectivity index (χ3n) is 11.1. The number of carbonyl (C=O) groups excluding carboxylic acids is 2. The molecule has 2 aliphatic carbocycles. The Morgan fingerprint density at radius 3 is 2.66 bits per heavy atom. The van der Waals surface area contributed by atoms with E-state index in [9.17, 15) is 22.2 Å². The maximum absolute atomic E-state index is 14.3. The lowest BCUT2D eigenvalue weighted by Gasteiger charge is -2.46. The number of amides is 3. The number of allylic oxidation sites excluding steroid dienone is 1. The minimum atomic E-state index is -3.56. The molecule has 3 heterocycles. The molecule has 14 heteroatoms. The number of ether oxygens (including phenoxy) is 2. The minimum absolute atomic E-state index is 0.0133. The van der Waals surface area contributed by atoms with Crippen molar-refractivity contribution in [3.05, 3.63) is 70.3 Å². The largest absolute Gasteiger partial charge is 0.490 e. The molecular formula is C36H45ClN4O7S2. The molecule has 0 unspecified atom stereocenters. The lowest BCUT2D eigenvalue weighted by molar-refractivity contribution is 0.0132. The Bertz CT molecular complexity index is 1910. The van der Waals surface area contributed by atoms with Crippen LogP contribution < -0.4 is 14.4 Å². The molecule has 270 valence electrons. The Morgan fingerprint density at radius 1 is 1.08 bits per heavy atom. The van der Waals surface area contributed by atoms with Crippen molar-refractivity contribution in [2.45, 2.75) is 56.5 Å². The first-order valence-electron chi connectivity index (χ1n) is 17.5. The fourth-order valence-corrected chi connectivity index (χ4v) is 11.2. The van der Waals surface area contributed by atoms with E-state index in [1.165, 1.54) is 16.0 Å². The highest BCUT2D eigenvalue weighted by Crippen LogP contribution is 2.47. The third kappa shape index (κ3) is 7.29. The molecule has 1 N–H and O–H groups in total. The van der Waals surface area contributed by atoms with Crippen LogP contribution in [0.5, 0.6) is 5.75 Å². The van der Waals surface area contributed by atoms with E-state index in [2.05, 4.69) is 32.2 Å². The van der Waals surface area contributed by atoms with E-state index in [4.69, 9.17) is 21.1 Å². The highest BCUT2D eigenvalue weighted by atomic mass is 35.5. The summed E-state index contributed by atoms with van der Waals surface area (Å²) in [6, 6.07) is 10.7. The molecule has 2 fully saturated rings. The zero-order valence-corrected chi connectivity index (χ0v) is 30.7. The number of anilines is 1. The van der Waals surface area contributed by atoms with Gasteiger partial charge in [-0.1, -0.05) is 29.8 Å². The second-order valence-corrected chi connectivity index (χ2v) is 19.2. The topological polar surface area (TPSA) is 135 Å². The van der Waals surface area contributed by atoms with Crippen LogP contribution in [0.25, 0.3) is 0 Å². The monoisotopic (exact) mass is 744 g/mol. The molecule has 5 atom stereocenters. The number of carbonyl (C=O) groups is 2. The fraction of sp³-hybridized carbons (Fsp3) is 0.556. The summed E-state index contributed by atoms with van der Waals surface area (Å²) in [4.78, 5) is 30.7. The standard InChI is InChI=1S/C36H45ClN4O7S2/c1-47-32-7-3-2-4-17-50(46,39-35(43)40-15-18-49(44,45)19-16-40)38-34(42)26-9-13-33-31(21-26)41(22-27-8-11-29(27)32)23-36(24-48-33)14-5-6-25-20-28(37)10-12-30(25)36/h3,7,9-10,12-13,20-21,27,29,32H,2,4-6,8,11,14-19,22-24H2,1H3,(H,38,39,42,43,46)/b7-3+/t27-,29+,32-,36-,50+/m0/s1. The number of nitrogens with zero attached hydrogens (tertiary/aromatic N) is 3. The number of urea groups is 1. The van der Waals surface area contributed by atoms with Gasteiger partial charge >= 0.3 is 6.03 Å². The van der Waals surface area contributed by atoms with Crippen molar-refractivity contribution in [2.75, 3.05) is 62.1 Å². The summed E-state index contributed by atoms with van der Waals surface area (Å²) >= 11 is 6.44. The lowest BCUT2D eigenvalue weighted by Crippen LogP contribution is -2.50. The Hall–Kier alpha value is -3.13. The zero-order chi connectivity index (χ0) is 35.1. The van der Waals surface area contributed by atoms with Gasteiger partial charge in [0.2, 0.25) is 0 Å². The molecule has 0 aromatic heterocycles. The number of hydrogen-bond acceptors (Lipinski definition) is 8. The zero-order valence-electron chi connectivity index (χ0n) is 28.4.